The molecule has 0 fully saturated rings. The first kappa shape index (κ1) is 23.0. The molecule has 0 aliphatic carbocycles. The van der Waals surface area contributed by atoms with Crippen molar-refractivity contribution in [3.8, 4) is 11.5 Å². The van der Waals surface area contributed by atoms with Gasteiger partial charge in [0.1, 0.15) is 6.61 Å². The standard InChI is InChI=1S/C24H24BrCl2NO2/c1-2-29-23-12-19(15-28-11-10-18-8-9-20(26)13-22(18)27)21(25)14-24(23)30-16-17-6-4-3-5-7-17/h3-9,12-14,28H,2,10-11,15-16H2,1H3. The van der Waals surface area contributed by atoms with E-state index < -0.39 is 0 Å². The van der Waals surface area contributed by atoms with E-state index in [2.05, 4.69) is 21.2 Å². The second-order valence-electron chi connectivity index (χ2n) is 6.76. The molecule has 0 amide bonds. The van der Waals surface area contributed by atoms with Crippen molar-refractivity contribution in [3.05, 3.63) is 91.9 Å². The van der Waals surface area contributed by atoms with Crippen molar-refractivity contribution >= 4 is 39.1 Å². The average molecular weight is 509 g/mol. The van der Waals surface area contributed by atoms with E-state index in [4.69, 9.17) is 32.7 Å². The summed E-state index contributed by atoms with van der Waals surface area (Å²) in [5, 5.41) is 4.81. The summed E-state index contributed by atoms with van der Waals surface area (Å²) in [6, 6.07) is 19.7. The highest BCUT2D eigenvalue weighted by atomic mass is 79.9. The highest BCUT2D eigenvalue weighted by Gasteiger charge is 2.11. The van der Waals surface area contributed by atoms with E-state index in [0.29, 0.717) is 29.8 Å². The highest BCUT2D eigenvalue weighted by molar-refractivity contribution is 9.10. The fraction of sp³-hybridized carbons (Fsp3) is 0.250. The lowest BCUT2D eigenvalue weighted by Crippen LogP contribution is -2.17. The van der Waals surface area contributed by atoms with Crippen LogP contribution in [0.1, 0.15) is 23.6 Å². The normalized spacial score (nSPS) is 10.8. The molecular weight excluding hydrogens is 485 g/mol. The van der Waals surface area contributed by atoms with Crippen molar-refractivity contribution in [2.45, 2.75) is 26.5 Å². The van der Waals surface area contributed by atoms with Crippen molar-refractivity contribution in [1.82, 2.24) is 5.32 Å². The van der Waals surface area contributed by atoms with Gasteiger partial charge in [-0.25, -0.2) is 0 Å². The van der Waals surface area contributed by atoms with Crippen LogP contribution in [-0.2, 0) is 19.6 Å². The predicted octanol–water partition coefficient (Wildman–Crippen LogP) is 7.07. The Labute approximate surface area is 196 Å². The lowest BCUT2D eigenvalue weighted by atomic mass is 10.1. The van der Waals surface area contributed by atoms with Crippen LogP contribution < -0.4 is 14.8 Å². The van der Waals surface area contributed by atoms with Crippen LogP contribution in [0.3, 0.4) is 0 Å². The second kappa shape index (κ2) is 11.6. The molecule has 0 bridgehead atoms. The molecule has 3 nitrogen and oxygen atoms in total. The van der Waals surface area contributed by atoms with Gasteiger partial charge in [0.25, 0.3) is 0 Å². The average Bonchev–Trinajstić information content (AvgIpc) is 2.74. The molecule has 1 N–H and O–H groups in total. The molecule has 0 spiro atoms. The number of rotatable bonds is 10. The quantitative estimate of drug-likeness (QED) is 0.297. The van der Waals surface area contributed by atoms with Crippen LogP contribution in [0.5, 0.6) is 11.5 Å². The Morgan fingerprint density at radius 3 is 2.40 bits per heavy atom. The Kier molecular flexibility index (Phi) is 8.88. The third-order valence-corrected chi connectivity index (χ3v) is 5.88. The third kappa shape index (κ3) is 6.64. The zero-order chi connectivity index (χ0) is 21.3. The Hall–Kier alpha value is -1.72. The summed E-state index contributed by atoms with van der Waals surface area (Å²) in [5.41, 5.74) is 3.29. The maximum absolute atomic E-state index is 6.25. The molecule has 158 valence electrons. The SMILES string of the molecule is CCOc1cc(CNCCc2ccc(Cl)cc2Cl)c(Br)cc1OCc1ccccc1. The first-order valence-electron chi connectivity index (χ1n) is 9.83. The molecule has 3 aromatic rings. The highest BCUT2D eigenvalue weighted by Crippen LogP contribution is 2.34. The Bertz CT molecular complexity index is 967. The summed E-state index contributed by atoms with van der Waals surface area (Å²) in [5.74, 6) is 1.47. The topological polar surface area (TPSA) is 30.5 Å². The van der Waals surface area contributed by atoms with Crippen LogP contribution in [-0.4, -0.2) is 13.2 Å². The molecule has 0 atom stereocenters. The van der Waals surface area contributed by atoms with Crippen LogP contribution in [0.4, 0.5) is 0 Å². The maximum Gasteiger partial charge on any atom is 0.162 e. The summed E-state index contributed by atoms with van der Waals surface area (Å²) in [6.45, 7) is 4.53. The molecule has 30 heavy (non-hydrogen) atoms. The van der Waals surface area contributed by atoms with Gasteiger partial charge in [-0.05, 0) is 60.8 Å². The summed E-state index contributed by atoms with van der Waals surface area (Å²) in [4.78, 5) is 0. The molecule has 0 saturated heterocycles. The van der Waals surface area contributed by atoms with Crippen molar-refractivity contribution in [2.24, 2.45) is 0 Å². The van der Waals surface area contributed by atoms with Gasteiger partial charge in [-0.3, -0.25) is 0 Å². The fourth-order valence-corrected chi connectivity index (χ4v) is 3.97. The zero-order valence-corrected chi connectivity index (χ0v) is 19.9. The molecule has 3 rings (SSSR count). The van der Waals surface area contributed by atoms with E-state index in [1.54, 1.807) is 6.07 Å². The van der Waals surface area contributed by atoms with E-state index >= 15 is 0 Å². The van der Waals surface area contributed by atoms with E-state index in [-0.39, 0.29) is 0 Å². The first-order chi connectivity index (χ1) is 14.6. The van der Waals surface area contributed by atoms with E-state index in [0.717, 1.165) is 45.6 Å². The molecule has 3 aromatic carbocycles. The Morgan fingerprint density at radius 1 is 0.900 bits per heavy atom. The second-order valence-corrected chi connectivity index (χ2v) is 8.46. The summed E-state index contributed by atoms with van der Waals surface area (Å²) in [7, 11) is 0. The smallest absolute Gasteiger partial charge is 0.162 e. The minimum atomic E-state index is 0.493. The number of ether oxygens (including phenoxy) is 2. The monoisotopic (exact) mass is 507 g/mol. The van der Waals surface area contributed by atoms with Crippen LogP contribution in [0, 0.1) is 0 Å². The van der Waals surface area contributed by atoms with Crippen LogP contribution >= 0.6 is 39.1 Å². The number of hydrogen-bond acceptors (Lipinski definition) is 3. The van der Waals surface area contributed by atoms with Gasteiger partial charge in [0.2, 0.25) is 0 Å². The molecule has 0 aliphatic rings. The van der Waals surface area contributed by atoms with Gasteiger partial charge in [0.05, 0.1) is 6.61 Å². The number of hydrogen-bond donors (Lipinski definition) is 1. The minimum absolute atomic E-state index is 0.493. The van der Waals surface area contributed by atoms with Gasteiger partial charge in [0.15, 0.2) is 11.5 Å². The van der Waals surface area contributed by atoms with E-state index in [9.17, 15) is 0 Å². The van der Waals surface area contributed by atoms with Crippen molar-refractivity contribution in [1.29, 1.82) is 0 Å². The Balaban J connectivity index is 1.61. The van der Waals surface area contributed by atoms with E-state index in [1.807, 2.05) is 61.5 Å². The molecule has 0 saturated carbocycles. The molecule has 0 heterocycles. The van der Waals surface area contributed by atoms with Gasteiger partial charge in [-0.1, -0.05) is 75.5 Å². The summed E-state index contributed by atoms with van der Waals surface area (Å²) in [6.07, 6.45) is 0.824. The van der Waals surface area contributed by atoms with Crippen LogP contribution in [0.25, 0.3) is 0 Å². The van der Waals surface area contributed by atoms with Crippen molar-refractivity contribution in [3.63, 3.8) is 0 Å². The van der Waals surface area contributed by atoms with E-state index in [1.165, 1.54) is 0 Å². The molecule has 0 radical (unpaired) electrons. The number of nitrogens with one attached hydrogen (secondary N) is 1. The van der Waals surface area contributed by atoms with Crippen molar-refractivity contribution < 1.29 is 9.47 Å². The molecule has 6 heteroatoms. The predicted molar refractivity (Wildman–Crippen MR) is 128 cm³/mol. The maximum atomic E-state index is 6.25. The third-order valence-electron chi connectivity index (χ3n) is 4.55. The molecule has 0 aromatic heterocycles. The summed E-state index contributed by atoms with van der Waals surface area (Å²) >= 11 is 15.9. The van der Waals surface area contributed by atoms with Crippen LogP contribution in [0.2, 0.25) is 10.0 Å². The lowest BCUT2D eigenvalue weighted by molar-refractivity contribution is 0.269. The molecule has 0 unspecified atom stereocenters. The van der Waals surface area contributed by atoms with Gasteiger partial charge in [0, 0.05) is 21.1 Å². The Morgan fingerprint density at radius 2 is 1.67 bits per heavy atom. The van der Waals surface area contributed by atoms with Gasteiger partial charge in [-0.15, -0.1) is 0 Å². The van der Waals surface area contributed by atoms with Gasteiger partial charge in [-0.2, -0.15) is 0 Å². The van der Waals surface area contributed by atoms with Crippen molar-refractivity contribution in [2.75, 3.05) is 13.2 Å². The summed E-state index contributed by atoms with van der Waals surface area (Å²) < 4.78 is 12.8. The molecule has 0 aliphatic heterocycles. The lowest BCUT2D eigenvalue weighted by Gasteiger charge is -2.16. The zero-order valence-electron chi connectivity index (χ0n) is 16.8. The number of benzene rings is 3. The number of halogens is 3. The minimum Gasteiger partial charge on any atom is -0.490 e. The van der Waals surface area contributed by atoms with Crippen LogP contribution in [0.15, 0.2) is 65.1 Å². The first-order valence-corrected chi connectivity index (χ1v) is 11.4. The largest absolute Gasteiger partial charge is 0.490 e. The molecular formula is C24H24BrCl2NO2. The van der Waals surface area contributed by atoms with Gasteiger partial charge >= 0.3 is 0 Å². The fourth-order valence-electron chi connectivity index (χ4n) is 3.00. The van der Waals surface area contributed by atoms with Gasteiger partial charge < -0.3 is 14.8 Å².